The van der Waals surface area contributed by atoms with Crippen LogP contribution in [0.5, 0.6) is 0 Å². The van der Waals surface area contributed by atoms with Gasteiger partial charge in [-0.1, -0.05) is 0 Å². The highest BCUT2D eigenvalue weighted by molar-refractivity contribution is 7.83. The molecule has 1 saturated heterocycles. The van der Waals surface area contributed by atoms with Crippen molar-refractivity contribution in [3.8, 4) is 0 Å². The van der Waals surface area contributed by atoms with E-state index in [1.165, 1.54) is 7.05 Å². The zero-order valence-electron chi connectivity index (χ0n) is 9.24. The van der Waals surface area contributed by atoms with Crippen molar-refractivity contribution in [3.63, 3.8) is 0 Å². The molecule has 0 aromatic carbocycles. The third-order valence-electron chi connectivity index (χ3n) is 2.43. The number of morpholine rings is 1. The summed E-state index contributed by atoms with van der Waals surface area (Å²) in [6.07, 6.45) is -0.815. The molecule has 96 valence electrons. The first-order valence-corrected chi connectivity index (χ1v) is 6.46. The lowest BCUT2D eigenvalue weighted by Gasteiger charge is -2.29. The second kappa shape index (κ2) is 5.89. The predicted molar refractivity (Wildman–Crippen MR) is 57.4 cm³/mol. The molecular formula is C8H18N2O5S. The maximum atomic E-state index is 10.7. The standard InChI is InChI=1S/C8H18N2O5S/c1-9(16(12,13)14)6-8(11)7-10-2-4-15-5-3-10/h8,11H,2-7H2,1H3,(H,12,13,14)/t8-/m0/s1. The monoisotopic (exact) mass is 254 g/mol. The number of aliphatic hydroxyl groups excluding tert-OH is 1. The number of ether oxygens (including phenoxy) is 1. The second-order valence-electron chi connectivity index (χ2n) is 3.83. The molecule has 1 fully saturated rings. The first-order valence-electron chi connectivity index (χ1n) is 5.06. The molecule has 0 saturated carbocycles. The minimum Gasteiger partial charge on any atom is -0.390 e. The van der Waals surface area contributed by atoms with Crippen molar-refractivity contribution in [1.29, 1.82) is 0 Å². The summed E-state index contributed by atoms with van der Waals surface area (Å²) in [6, 6.07) is 0. The second-order valence-corrected chi connectivity index (χ2v) is 5.34. The Labute approximate surface area is 95.5 Å². The van der Waals surface area contributed by atoms with Gasteiger partial charge in [0.2, 0.25) is 0 Å². The van der Waals surface area contributed by atoms with Crippen molar-refractivity contribution < 1.29 is 22.8 Å². The van der Waals surface area contributed by atoms with E-state index in [0.717, 1.165) is 17.4 Å². The Bertz CT molecular complexity index is 302. The lowest BCUT2D eigenvalue weighted by molar-refractivity contribution is 0.0120. The maximum absolute atomic E-state index is 10.7. The highest BCUT2D eigenvalue weighted by Crippen LogP contribution is 2.01. The van der Waals surface area contributed by atoms with Gasteiger partial charge in [0.15, 0.2) is 0 Å². The van der Waals surface area contributed by atoms with Crippen LogP contribution >= 0.6 is 0 Å². The molecule has 1 aliphatic rings. The molecule has 0 aromatic heterocycles. The van der Waals surface area contributed by atoms with Crippen LogP contribution in [-0.4, -0.2) is 79.8 Å². The van der Waals surface area contributed by atoms with E-state index in [1.807, 2.05) is 4.90 Å². The predicted octanol–water partition coefficient (Wildman–Crippen LogP) is -1.59. The average molecular weight is 254 g/mol. The molecule has 8 heteroatoms. The van der Waals surface area contributed by atoms with Crippen LogP contribution < -0.4 is 0 Å². The van der Waals surface area contributed by atoms with Crippen molar-refractivity contribution in [2.24, 2.45) is 0 Å². The minimum atomic E-state index is -4.21. The van der Waals surface area contributed by atoms with Crippen molar-refractivity contribution in [1.82, 2.24) is 9.21 Å². The molecule has 7 nitrogen and oxygen atoms in total. The number of rotatable bonds is 5. The zero-order valence-corrected chi connectivity index (χ0v) is 10.1. The van der Waals surface area contributed by atoms with E-state index < -0.39 is 16.4 Å². The highest BCUT2D eigenvalue weighted by Gasteiger charge is 2.20. The summed E-state index contributed by atoms with van der Waals surface area (Å²) in [5, 5.41) is 9.64. The molecule has 0 bridgehead atoms. The number of hydrogen-bond donors (Lipinski definition) is 2. The number of nitrogens with zero attached hydrogens (tertiary/aromatic N) is 2. The summed E-state index contributed by atoms with van der Waals surface area (Å²) in [5.74, 6) is 0. The number of β-amino-alcohol motifs (C(OH)–C–C–N with tert-alkyl or cyclic N) is 1. The van der Waals surface area contributed by atoms with E-state index in [1.54, 1.807) is 0 Å². The molecule has 0 amide bonds. The number of hydrogen-bond acceptors (Lipinski definition) is 5. The van der Waals surface area contributed by atoms with E-state index >= 15 is 0 Å². The van der Waals surface area contributed by atoms with Crippen molar-refractivity contribution >= 4 is 10.3 Å². The molecule has 0 spiro atoms. The van der Waals surface area contributed by atoms with Crippen LogP contribution in [-0.2, 0) is 15.0 Å². The van der Waals surface area contributed by atoms with Gasteiger partial charge in [-0.25, -0.2) is 0 Å². The smallest absolute Gasteiger partial charge is 0.335 e. The van der Waals surface area contributed by atoms with Crippen LogP contribution in [0.4, 0.5) is 0 Å². The summed E-state index contributed by atoms with van der Waals surface area (Å²) in [5.41, 5.74) is 0. The first-order chi connectivity index (χ1) is 7.39. The molecule has 2 N–H and O–H groups in total. The van der Waals surface area contributed by atoms with Crippen LogP contribution in [0.15, 0.2) is 0 Å². The van der Waals surface area contributed by atoms with E-state index in [0.29, 0.717) is 19.8 Å². The SMILES string of the molecule is CN(C[C@H](O)CN1CCOCC1)S(=O)(=O)O. The van der Waals surface area contributed by atoms with Gasteiger partial charge in [-0.05, 0) is 0 Å². The molecule has 1 rings (SSSR count). The molecule has 0 aliphatic carbocycles. The highest BCUT2D eigenvalue weighted by atomic mass is 32.2. The number of likely N-dealkylation sites (N-methyl/N-ethyl adjacent to an activating group) is 1. The molecule has 1 aliphatic heterocycles. The summed E-state index contributed by atoms with van der Waals surface area (Å²) >= 11 is 0. The Morgan fingerprint density at radius 3 is 2.50 bits per heavy atom. The zero-order chi connectivity index (χ0) is 12.2. The summed E-state index contributed by atoms with van der Waals surface area (Å²) in [7, 11) is -2.99. The molecule has 0 radical (unpaired) electrons. The largest absolute Gasteiger partial charge is 0.390 e. The quantitative estimate of drug-likeness (QED) is 0.575. The molecule has 1 heterocycles. The van der Waals surface area contributed by atoms with Crippen molar-refractivity contribution in [3.05, 3.63) is 0 Å². The van der Waals surface area contributed by atoms with Gasteiger partial charge in [0.05, 0.1) is 19.3 Å². The molecule has 0 unspecified atom stereocenters. The fourth-order valence-corrected chi connectivity index (χ4v) is 1.89. The third kappa shape index (κ3) is 4.73. The Morgan fingerprint density at radius 1 is 1.44 bits per heavy atom. The summed E-state index contributed by atoms with van der Waals surface area (Å²) in [6.45, 7) is 2.97. The third-order valence-corrected chi connectivity index (χ3v) is 3.37. The lowest BCUT2D eigenvalue weighted by Crippen LogP contribution is -2.44. The van der Waals surface area contributed by atoms with E-state index in [4.69, 9.17) is 9.29 Å². The van der Waals surface area contributed by atoms with Crippen LogP contribution in [0.3, 0.4) is 0 Å². The van der Waals surface area contributed by atoms with Gasteiger partial charge in [0, 0.05) is 33.2 Å². The van der Waals surface area contributed by atoms with Gasteiger partial charge in [-0.3, -0.25) is 9.45 Å². The summed E-state index contributed by atoms with van der Waals surface area (Å²) in [4.78, 5) is 1.99. The Kier molecular flexibility index (Phi) is 5.09. The Morgan fingerprint density at radius 2 is 2.00 bits per heavy atom. The topological polar surface area (TPSA) is 90.3 Å². The van der Waals surface area contributed by atoms with Crippen LogP contribution in [0.2, 0.25) is 0 Å². The van der Waals surface area contributed by atoms with Gasteiger partial charge < -0.3 is 9.84 Å². The van der Waals surface area contributed by atoms with Gasteiger partial charge in [0.25, 0.3) is 0 Å². The van der Waals surface area contributed by atoms with Crippen LogP contribution in [0.1, 0.15) is 0 Å². The van der Waals surface area contributed by atoms with Gasteiger partial charge in [0.1, 0.15) is 0 Å². The minimum absolute atomic E-state index is 0.115. The average Bonchev–Trinajstić information content (AvgIpc) is 2.17. The summed E-state index contributed by atoms with van der Waals surface area (Å²) < 4.78 is 36.0. The fourth-order valence-electron chi connectivity index (χ4n) is 1.53. The van der Waals surface area contributed by atoms with Crippen molar-refractivity contribution in [2.75, 3.05) is 46.4 Å². The van der Waals surface area contributed by atoms with E-state index in [2.05, 4.69) is 0 Å². The van der Waals surface area contributed by atoms with Crippen molar-refractivity contribution in [2.45, 2.75) is 6.10 Å². The Balaban J connectivity index is 2.32. The van der Waals surface area contributed by atoms with E-state index in [9.17, 15) is 13.5 Å². The molecule has 16 heavy (non-hydrogen) atoms. The maximum Gasteiger partial charge on any atom is 0.335 e. The van der Waals surface area contributed by atoms with Gasteiger partial charge in [-0.15, -0.1) is 0 Å². The van der Waals surface area contributed by atoms with E-state index in [-0.39, 0.29) is 6.54 Å². The normalized spacial score (nSPS) is 21.2. The Hall–Kier alpha value is -0.250. The lowest BCUT2D eigenvalue weighted by atomic mass is 10.3. The number of aliphatic hydroxyl groups is 1. The first kappa shape index (κ1) is 13.8. The van der Waals surface area contributed by atoms with Gasteiger partial charge >= 0.3 is 10.3 Å². The van der Waals surface area contributed by atoms with Crippen LogP contribution in [0, 0.1) is 0 Å². The van der Waals surface area contributed by atoms with Gasteiger partial charge in [-0.2, -0.15) is 12.7 Å². The molecule has 1 atom stereocenters. The van der Waals surface area contributed by atoms with Crippen LogP contribution in [0.25, 0.3) is 0 Å². The molecule has 0 aromatic rings. The fraction of sp³-hybridized carbons (Fsp3) is 1.00. The molecular weight excluding hydrogens is 236 g/mol.